The second kappa shape index (κ2) is 7.43. The molecule has 0 amide bonds. The summed E-state index contributed by atoms with van der Waals surface area (Å²) in [6.45, 7) is 0. The second-order valence-electron chi connectivity index (χ2n) is 7.54. The fraction of sp³-hybridized carbons (Fsp3) is 0.0455. The van der Waals surface area contributed by atoms with Crippen LogP contribution >= 0.6 is 11.6 Å². The lowest BCUT2D eigenvalue weighted by atomic mass is 9.86. The number of hydrogen-bond donors (Lipinski definition) is 1. The van der Waals surface area contributed by atoms with Gasteiger partial charge in [0.05, 0.1) is 16.7 Å². The minimum absolute atomic E-state index is 0.146. The molecule has 3 aromatic carbocycles. The zero-order valence-electron chi connectivity index (χ0n) is 16.6. The van der Waals surface area contributed by atoms with Crippen molar-refractivity contribution in [3.63, 3.8) is 0 Å². The minimum Gasteiger partial charge on any atom is -0.584 e. The van der Waals surface area contributed by atoms with E-state index in [9.17, 15) is 19.2 Å². The van der Waals surface area contributed by atoms with E-state index in [4.69, 9.17) is 17.4 Å². The van der Waals surface area contributed by atoms with Crippen molar-refractivity contribution in [1.82, 2.24) is 0 Å². The monoisotopic (exact) mass is 491 g/mol. The first kappa shape index (κ1) is 22.2. The van der Waals surface area contributed by atoms with Crippen LogP contribution in [-0.4, -0.2) is 22.5 Å². The van der Waals surface area contributed by atoms with E-state index in [1.54, 1.807) is 0 Å². The number of nitrogens with zero attached hydrogens (tertiary/aromatic N) is 2. The standard InChI is InChI=1S/C22H10ClF4N3O4/c23-9-3-1-8(2-4-9)19-14-11(24)5-6-12(25)15(14)20(30(28,33)29-19)10-7-13(26)16-17(18(10)27)22(32)34-21(16)31/h1-7,20H,28H2. The summed E-state index contributed by atoms with van der Waals surface area (Å²) in [6, 6.07) is 5.28. The molecule has 0 fully saturated rings. The highest BCUT2D eigenvalue weighted by Gasteiger charge is 2.47. The van der Waals surface area contributed by atoms with Crippen molar-refractivity contribution >= 4 is 29.3 Å². The summed E-state index contributed by atoms with van der Waals surface area (Å²) in [7, 11) is 0. The maximum Gasteiger partial charge on any atom is 0.350 e. The summed E-state index contributed by atoms with van der Waals surface area (Å²) in [6.07, 6.45) is 0. The predicted molar refractivity (Wildman–Crippen MR) is 109 cm³/mol. The van der Waals surface area contributed by atoms with E-state index in [1.165, 1.54) is 24.3 Å². The number of hydrogen-bond acceptors (Lipinski definition) is 6. The Labute approximate surface area is 192 Å². The van der Waals surface area contributed by atoms with E-state index in [0.717, 1.165) is 6.07 Å². The van der Waals surface area contributed by atoms with Crippen LogP contribution in [-0.2, 0) is 4.74 Å². The highest BCUT2D eigenvalue weighted by Crippen LogP contribution is 2.44. The average Bonchev–Trinajstić information content (AvgIpc) is 3.07. The Hall–Kier alpha value is -3.64. The quantitative estimate of drug-likeness (QED) is 0.144. The number of fused-ring (bicyclic) bond motifs is 2. The van der Waals surface area contributed by atoms with Gasteiger partial charge in [-0.2, -0.15) is 5.84 Å². The van der Waals surface area contributed by atoms with Crippen molar-refractivity contribution in [2.75, 3.05) is 0 Å². The topological polar surface area (TPSA) is 105 Å². The smallest absolute Gasteiger partial charge is 0.350 e. The van der Waals surface area contributed by atoms with Crippen molar-refractivity contribution in [2.24, 2.45) is 10.9 Å². The third kappa shape index (κ3) is 3.13. The molecule has 3 aromatic rings. The largest absolute Gasteiger partial charge is 0.584 e. The highest BCUT2D eigenvalue weighted by molar-refractivity contribution is 6.30. The molecule has 0 spiro atoms. The first-order chi connectivity index (χ1) is 16.0. The maximum absolute atomic E-state index is 15.4. The van der Waals surface area contributed by atoms with E-state index in [-0.39, 0.29) is 11.3 Å². The first-order valence-electron chi connectivity index (χ1n) is 9.52. The van der Waals surface area contributed by atoms with E-state index < -0.39 is 73.9 Å². The zero-order chi connectivity index (χ0) is 24.5. The lowest BCUT2D eigenvalue weighted by molar-refractivity contribution is -0.925. The van der Waals surface area contributed by atoms with Crippen LogP contribution in [0.15, 0.2) is 47.6 Å². The zero-order valence-corrected chi connectivity index (χ0v) is 17.4. The van der Waals surface area contributed by atoms with Crippen molar-refractivity contribution in [3.8, 4) is 0 Å². The maximum atomic E-state index is 15.4. The van der Waals surface area contributed by atoms with E-state index >= 15 is 13.2 Å². The lowest BCUT2D eigenvalue weighted by Gasteiger charge is -2.41. The van der Waals surface area contributed by atoms with Crippen LogP contribution in [0.3, 0.4) is 0 Å². The van der Waals surface area contributed by atoms with Crippen molar-refractivity contribution < 1.29 is 36.8 Å². The molecule has 0 bridgehead atoms. The number of esters is 2. The molecule has 2 aliphatic heterocycles. The number of nitrogens with two attached hydrogens (primary N) is 1. The number of ether oxygens (including phenoxy) is 1. The number of hydroxylamine groups is 1. The van der Waals surface area contributed by atoms with Gasteiger partial charge >= 0.3 is 11.9 Å². The summed E-state index contributed by atoms with van der Waals surface area (Å²) >= 11 is 5.86. The molecule has 0 saturated heterocycles. The summed E-state index contributed by atoms with van der Waals surface area (Å²) in [4.78, 5) is 21.4. The van der Waals surface area contributed by atoms with Gasteiger partial charge in [-0.25, -0.2) is 27.2 Å². The Bertz CT molecular complexity index is 1460. The first-order valence-corrected chi connectivity index (χ1v) is 9.90. The molecule has 0 radical (unpaired) electrons. The molecule has 5 rings (SSSR count). The third-order valence-electron chi connectivity index (χ3n) is 5.53. The second-order valence-corrected chi connectivity index (χ2v) is 7.97. The average molecular weight is 492 g/mol. The number of carbonyl (C=O) groups is 2. The Morgan fingerprint density at radius 2 is 1.53 bits per heavy atom. The van der Waals surface area contributed by atoms with Gasteiger partial charge < -0.3 is 9.94 Å². The Morgan fingerprint density at radius 1 is 0.912 bits per heavy atom. The molecular formula is C22H10ClF4N3O4. The van der Waals surface area contributed by atoms with Gasteiger partial charge in [0.2, 0.25) is 0 Å². The van der Waals surface area contributed by atoms with Crippen LogP contribution in [0, 0.1) is 28.5 Å². The van der Waals surface area contributed by atoms with Crippen molar-refractivity contribution in [1.29, 1.82) is 0 Å². The minimum atomic E-state index is -2.26. The van der Waals surface area contributed by atoms with Crippen LogP contribution in [0.2, 0.25) is 5.02 Å². The van der Waals surface area contributed by atoms with Crippen LogP contribution in [0.1, 0.15) is 49.0 Å². The molecule has 2 aliphatic rings. The van der Waals surface area contributed by atoms with Gasteiger partial charge in [0, 0.05) is 10.6 Å². The van der Waals surface area contributed by atoms with Crippen LogP contribution in [0.5, 0.6) is 0 Å². The van der Waals surface area contributed by atoms with Crippen molar-refractivity contribution in [2.45, 2.75) is 6.04 Å². The molecule has 2 atom stereocenters. The molecule has 0 saturated carbocycles. The highest BCUT2D eigenvalue weighted by atomic mass is 35.5. The normalized spacial score (nSPS) is 21.1. The third-order valence-corrected chi connectivity index (χ3v) is 5.78. The van der Waals surface area contributed by atoms with Gasteiger partial charge in [-0.3, -0.25) is 0 Å². The predicted octanol–water partition coefficient (Wildman–Crippen LogP) is 4.25. The number of rotatable bonds is 2. The van der Waals surface area contributed by atoms with Gasteiger partial charge in [-0.05, 0) is 30.3 Å². The van der Waals surface area contributed by atoms with Crippen LogP contribution in [0.25, 0.3) is 0 Å². The summed E-state index contributed by atoms with van der Waals surface area (Å²) in [5.41, 5.74) is -4.40. The van der Waals surface area contributed by atoms with Gasteiger partial charge in [0.25, 0.3) is 0 Å². The van der Waals surface area contributed by atoms with Crippen molar-refractivity contribution in [3.05, 3.63) is 109 Å². The Morgan fingerprint density at radius 3 is 2.21 bits per heavy atom. The lowest BCUT2D eigenvalue weighted by Crippen LogP contribution is -2.51. The molecule has 34 heavy (non-hydrogen) atoms. The van der Waals surface area contributed by atoms with Gasteiger partial charge in [-0.15, -0.1) is 4.86 Å². The Balaban J connectivity index is 1.82. The van der Waals surface area contributed by atoms with Crippen LogP contribution < -0.4 is 5.84 Å². The van der Waals surface area contributed by atoms with Gasteiger partial charge in [0.1, 0.15) is 40.1 Å². The Kier molecular flexibility index (Phi) is 4.85. The van der Waals surface area contributed by atoms with Gasteiger partial charge in [-0.1, -0.05) is 28.8 Å². The molecule has 0 aliphatic carbocycles. The molecule has 172 valence electrons. The molecule has 12 heteroatoms. The molecule has 7 nitrogen and oxygen atoms in total. The van der Waals surface area contributed by atoms with E-state index in [2.05, 4.69) is 9.84 Å². The summed E-state index contributed by atoms with van der Waals surface area (Å²) in [5.74, 6) is -2.28. The number of benzene rings is 3. The molecule has 2 unspecified atom stereocenters. The fourth-order valence-electron chi connectivity index (χ4n) is 4.11. The molecule has 2 heterocycles. The molecule has 2 N–H and O–H groups in total. The number of halogens is 5. The van der Waals surface area contributed by atoms with Gasteiger partial charge in [0.15, 0.2) is 6.04 Å². The number of quaternary nitrogens is 1. The van der Waals surface area contributed by atoms with E-state index in [1.807, 2.05) is 0 Å². The van der Waals surface area contributed by atoms with Crippen LogP contribution in [0.4, 0.5) is 17.6 Å². The number of carbonyl (C=O) groups excluding carboxylic acids is 2. The summed E-state index contributed by atoms with van der Waals surface area (Å²) in [5, 5.41) is 17.5. The van der Waals surface area contributed by atoms with E-state index in [0.29, 0.717) is 17.2 Å². The number of cyclic esters (lactones) is 2. The summed E-state index contributed by atoms with van der Waals surface area (Å²) < 4.78 is 64.5. The fourth-order valence-corrected chi connectivity index (χ4v) is 4.24. The molecular weight excluding hydrogens is 482 g/mol. The molecule has 0 aromatic heterocycles. The SMILES string of the molecule is N[N+]1([O-])N=C(c2ccc(Cl)cc2)c2c(F)ccc(F)c2C1c1cc(F)c2c(c1F)C(=O)OC2=O.